The fraction of sp³-hybridized carbons (Fsp3) is 0.400. The van der Waals surface area contributed by atoms with Crippen molar-refractivity contribution in [3.8, 4) is 5.75 Å². The van der Waals surface area contributed by atoms with E-state index in [0.717, 1.165) is 24.4 Å². The molecule has 1 aromatic carbocycles. The number of nitrogens with zero attached hydrogens (tertiary/aromatic N) is 1. The van der Waals surface area contributed by atoms with E-state index in [9.17, 15) is 0 Å². The molecule has 0 saturated carbocycles. The van der Waals surface area contributed by atoms with Gasteiger partial charge < -0.3 is 10.1 Å². The van der Waals surface area contributed by atoms with Crippen LogP contribution in [0.2, 0.25) is 0 Å². The number of aryl methyl sites for hydroxylation is 1. The van der Waals surface area contributed by atoms with Gasteiger partial charge in [-0.3, -0.25) is 0 Å². The third kappa shape index (κ3) is 3.78. The van der Waals surface area contributed by atoms with Gasteiger partial charge in [-0.05, 0) is 31.2 Å². The molecule has 0 radical (unpaired) electrons. The van der Waals surface area contributed by atoms with Crippen molar-refractivity contribution < 1.29 is 4.74 Å². The van der Waals surface area contributed by atoms with Crippen LogP contribution in [0.1, 0.15) is 29.2 Å². The molecule has 1 heterocycles. The molecule has 0 saturated heterocycles. The van der Waals surface area contributed by atoms with E-state index in [1.807, 2.05) is 19.1 Å². The lowest BCUT2D eigenvalue weighted by Gasteiger charge is -2.17. The lowest BCUT2D eigenvalue weighted by Crippen LogP contribution is -2.22. The molecule has 0 aliphatic rings. The van der Waals surface area contributed by atoms with E-state index in [4.69, 9.17) is 4.74 Å². The van der Waals surface area contributed by atoms with Crippen molar-refractivity contribution in [3.63, 3.8) is 0 Å². The Morgan fingerprint density at radius 2 is 2.05 bits per heavy atom. The number of ether oxygens (including phenoxy) is 1. The summed E-state index contributed by atoms with van der Waals surface area (Å²) < 4.78 is 5.20. The Kier molecular flexibility index (Phi) is 4.93. The van der Waals surface area contributed by atoms with Gasteiger partial charge >= 0.3 is 0 Å². The normalized spacial score (nSPS) is 12.4. The number of rotatable bonds is 6. The second kappa shape index (κ2) is 6.68. The van der Waals surface area contributed by atoms with Crippen LogP contribution >= 0.6 is 11.3 Å². The first-order valence-electron chi connectivity index (χ1n) is 6.51. The minimum absolute atomic E-state index is 0.307. The molecular formula is C15H20N2OS. The molecule has 1 atom stereocenters. The van der Waals surface area contributed by atoms with Crippen molar-refractivity contribution in [2.45, 2.75) is 26.3 Å². The zero-order chi connectivity index (χ0) is 13.7. The van der Waals surface area contributed by atoms with E-state index in [0.29, 0.717) is 6.04 Å². The fourth-order valence-corrected chi connectivity index (χ4v) is 2.88. The van der Waals surface area contributed by atoms with E-state index >= 15 is 0 Å². The highest BCUT2D eigenvalue weighted by molar-refractivity contribution is 7.09. The molecule has 0 bridgehead atoms. The van der Waals surface area contributed by atoms with E-state index in [1.54, 1.807) is 18.4 Å². The molecule has 4 heteroatoms. The van der Waals surface area contributed by atoms with Crippen LogP contribution in [0, 0.1) is 6.92 Å². The van der Waals surface area contributed by atoms with E-state index in [-0.39, 0.29) is 0 Å². The molecule has 1 aromatic heterocycles. The summed E-state index contributed by atoms with van der Waals surface area (Å²) in [6.45, 7) is 5.11. The number of hydrogen-bond donors (Lipinski definition) is 1. The maximum absolute atomic E-state index is 5.20. The number of nitrogens with one attached hydrogen (secondary N) is 1. The van der Waals surface area contributed by atoms with E-state index in [2.05, 4.69) is 34.7 Å². The molecule has 0 spiro atoms. The number of thiazole rings is 1. The maximum Gasteiger partial charge on any atom is 0.118 e. The lowest BCUT2D eigenvalue weighted by molar-refractivity contribution is 0.414. The van der Waals surface area contributed by atoms with Crippen molar-refractivity contribution in [2.75, 3.05) is 13.7 Å². The smallest absolute Gasteiger partial charge is 0.118 e. The fourth-order valence-electron chi connectivity index (χ4n) is 2.06. The maximum atomic E-state index is 5.20. The van der Waals surface area contributed by atoms with Crippen molar-refractivity contribution in [3.05, 3.63) is 45.9 Å². The first-order valence-corrected chi connectivity index (χ1v) is 7.39. The molecule has 0 fully saturated rings. The summed E-state index contributed by atoms with van der Waals surface area (Å²) in [5.74, 6) is 0.893. The Bertz CT molecular complexity index is 507. The van der Waals surface area contributed by atoms with Crippen LogP contribution in [0.4, 0.5) is 0 Å². The van der Waals surface area contributed by atoms with Crippen LogP contribution in [-0.4, -0.2) is 18.6 Å². The zero-order valence-corrected chi connectivity index (χ0v) is 12.5. The average Bonchev–Trinajstić information content (AvgIpc) is 2.84. The lowest BCUT2D eigenvalue weighted by atomic mass is 10.0. The monoisotopic (exact) mass is 276 g/mol. The number of methoxy groups -OCH3 is 1. The molecule has 0 aliphatic carbocycles. The second-order valence-electron chi connectivity index (χ2n) is 4.47. The first-order chi connectivity index (χ1) is 9.22. The highest BCUT2D eigenvalue weighted by Crippen LogP contribution is 2.22. The molecule has 2 rings (SSSR count). The minimum Gasteiger partial charge on any atom is -0.497 e. The molecule has 19 heavy (non-hydrogen) atoms. The van der Waals surface area contributed by atoms with Gasteiger partial charge in [0.2, 0.25) is 0 Å². The number of aromatic nitrogens is 1. The van der Waals surface area contributed by atoms with Gasteiger partial charge in [-0.15, -0.1) is 11.3 Å². The molecule has 2 aromatic rings. The van der Waals surface area contributed by atoms with Crippen LogP contribution in [0.25, 0.3) is 0 Å². The summed E-state index contributed by atoms with van der Waals surface area (Å²) >= 11 is 1.73. The number of benzene rings is 1. The van der Waals surface area contributed by atoms with Gasteiger partial charge in [0.05, 0.1) is 12.1 Å². The van der Waals surface area contributed by atoms with Gasteiger partial charge in [0.1, 0.15) is 5.75 Å². The summed E-state index contributed by atoms with van der Waals surface area (Å²) in [6, 6.07) is 8.56. The van der Waals surface area contributed by atoms with E-state index in [1.165, 1.54) is 10.6 Å². The summed E-state index contributed by atoms with van der Waals surface area (Å²) in [5, 5.41) is 6.80. The molecular weight excluding hydrogens is 256 g/mol. The van der Waals surface area contributed by atoms with Crippen molar-refractivity contribution in [2.24, 2.45) is 0 Å². The Hall–Kier alpha value is -1.39. The van der Waals surface area contributed by atoms with Gasteiger partial charge in [0.15, 0.2) is 0 Å². The van der Waals surface area contributed by atoms with Gasteiger partial charge in [0, 0.05) is 23.5 Å². The Morgan fingerprint density at radius 1 is 1.32 bits per heavy atom. The SMILES string of the molecule is CCNC(Cc1nc(C)cs1)c1ccc(OC)cc1. The molecule has 0 aliphatic heterocycles. The highest BCUT2D eigenvalue weighted by Gasteiger charge is 2.13. The second-order valence-corrected chi connectivity index (χ2v) is 5.41. The quantitative estimate of drug-likeness (QED) is 0.878. The largest absolute Gasteiger partial charge is 0.497 e. The third-order valence-electron chi connectivity index (χ3n) is 3.01. The number of likely N-dealkylation sites (N-methyl/N-ethyl adjacent to an activating group) is 1. The predicted molar refractivity (Wildman–Crippen MR) is 80.0 cm³/mol. The van der Waals surface area contributed by atoms with Crippen molar-refractivity contribution in [1.29, 1.82) is 0 Å². The van der Waals surface area contributed by atoms with Crippen LogP contribution in [0.3, 0.4) is 0 Å². The van der Waals surface area contributed by atoms with Crippen LogP contribution in [0.5, 0.6) is 5.75 Å². The number of hydrogen-bond acceptors (Lipinski definition) is 4. The molecule has 1 N–H and O–H groups in total. The van der Waals surface area contributed by atoms with Gasteiger partial charge in [0.25, 0.3) is 0 Å². The van der Waals surface area contributed by atoms with Gasteiger partial charge in [-0.1, -0.05) is 19.1 Å². The minimum atomic E-state index is 0.307. The summed E-state index contributed by atoms with van der Waals surface area (Å²) in [6.07, 6.45) is 0.929. The summed E-state index contributed by atoms with van der Waals surface area (Å²) in [7, 11) is 1.69. The van der Waals surface area contributed by atoms with Gasteiger partial charge in [-0.2, -0.15) is 0 Å². The molecule has 102 valence electrons. The molecule has 1 unspecified atom stereocenters. The van der Waals surface area contributed by atoms with Crippen LogP contribution in [0.15, 0.2) is 29.6 Å². The van der Waals surface area contributed by atoms with Crippen molar-refractivity contribution in [1.82, 2.24) is 10.3 Å². The zero-order valence-electron chi connectivity index (χ0n) is 11.6. The predicted octanol–water partition coefficient (Wildman–Crippen LogP) is 3.35. The van der Waals surface area contributed by atoms with Crippen LogP contribution < -0.4 is 10.1 Å². The van der Waals surface area contributed by atoms with E-state index < -0.39 is 0 Å². The van der Waals surface area contributed by atoms with Crippen LogP contribution in [-0.2, 0) is 6.42 Å². The topological polar surface area (TPSA) is 34.2 Å². The Balaban J connectivity index is 2.13. The average molecular weight is 276 g/mol. The first kappa shape index (κ1) is 14.0. The summed E-state index contributed by atoms with van der Waals surface area (Å²) in [5.41, 5.74) is 2.38. The summed E-state index contributed by atoms with van der Waals surface area (Å²) in [4.78, 5) is 4.55. The third-order valence-corrected chi connectivity index (χ3v) is 4.00. The standard InChI is InChI=1S/C15H20N2OS/c1-4-16-14(9-15-17-11(2)10-19-15)12-5-7-13(18-3)8-6-12/h5-8,10,14,16H,4,9H2,1-3H3. The molecule has 0 amide bonds. The van der Waals surface area contributed by atoms with Gasteiger partial charge in [-0.25, -0.2) is 4.98 Å². The van der Waals surface area contributed by atoms with Crippen molar-refractivity contribution >= 4 is 11.3 Å². The molecule has 3 nitrogen and oxygen atoms in total. The Labute approximate surface area is 118 Å². The Morgan fingerprint density at radius 3 is 2.58 bits per heavy atom. The highest BCUT2D eigenvalue weighted by atomic mass is 32.1.